The van der Waals surface area contributed by atoms with Gasteiger partial charge in [-0.25, -0.2) is 13.8 Å². The van der Waals surface area contributed by atoms with E-state index in [9.17, 15) is 13.9 Å². The fourth-order valence-corrected chi connectivity index (χ4v) is 0.978. The quantitative estimate of drug-likeness (QED) is 0.737. The summed E-state index contributed by atoms with van der Waals surface area (Å²) >= 11 is 0. The monoisotopic (exact) mass is 231 g/mol. The third kappa shape index (κ3) is 2.57. The summed E-state index contributed by atoms with van der Waals surface area (Å²) in [5.74, 6) is -2.31. The molecule has 16 heavy (non-hydrogen) atoms. The fraction of sp³-hybridized carbons (Fsp3) is 0.500. The Morgan fingerprint density at radius 2 is 2.00 bits per heavy atom. The highest BCUT2D eigenvalue weighted by Gasteiger charge is 2.26. The smallest absolute Gasteiger partial charge is 0.168 e. The van der Waals surface area contributed by atoms with E-state index >= 15 is 0 Å². The third-order valence-corrected chi connectivity index (χ3v) is 2.44. The minimum atomic E-state index is -0.905. The van der Waals surface area contributed by atoms with Gasteiger partial charge >= 0.3 is 0 Å². The minimum absolute atomic E-state index is 0.176. The maximum absolute atomic E-state index is 13.3. The molecule has 4 N–H and O–H groups in total. The summed E-state index contributed by atoms with van der Waals surface area (Å²) in [5.41, 5.74) is 4.44. The number of pyridine rings is 1. The lowest BCUT2D eigenvalue weighted by atomic mass is 9.99. The molecule has 1 rings (SSSR count). The molecule has 1 aromatic heterocycles. The van der Waals surface area contributed by atoms with Crippen molar-refractivity contribution in [3.63, 3.8) is 0 Å². The zero-order valence-corrected chi connectivity index (χ0v) is 9.38. The van der Waals surface area contributed by atoms with Crippen LogP contribution in [0.2, 0.25) is 0 Å². The largest absolute Gasteiger partial charge is 0.391 e. The van der Waals surface area contributed by atoms with E-state index in [1.807, 2.05) is 0 Å². The molecule has 0 amide bonds. The zero-order valence-electron chi connectivity index (χ0n) is 9.38. The van der Waals surface area contributed by atoms with E-state index < -0.39 is 23.3 Å². The Bertz CT molecular complexity index is 394. The summed E-state index contributed by atoms with van der Waals surface area (Å²) in [6.45, 7) is 4.88. The topological polar surface area (TPSA) is 71.2 Å². The number of halogens is 2. The van der Waals surface area contributed by atoms with Gasteiger partial charge in [-0.05, 0) is 20.8 Å². The number of aromatic nitrogens is 1. The van der Waals surface area contributed by atoms with Gasteiger partial charge in [-0.2, -0.15) is 0 Å². The second-order valence-electron chi connectivity index (χ2n) is 4.21. The molecule has 1 unspecified atom stereocenters. The van der Waals surface area contributed by atoms with Crippen LogP contribution in [-0.4, -0.2) is 21.7 Å². The second kappa shape index (κ2) is 4.21. The van der Waals surface area contributed by atoms with E-state index in [0.29, 0.717) is 6.07 Å². The van der Waals surface area contributed by atoms with E-state index in [1.165, 1.54) is 0 Å². The number of nitrogens with zero attached hydrogens (tertiary/aromatic N) is 1. The van der Waals surface area contributed by atoms with Crippen molar-refractivity contribution in [2.75, 3.05) is 11.1 Å². The summed E-state index contributed by atoms with van der Waals surface area (Å²) in [4.78, 5) is 3.55. The van der Waals surface area contributed by atoms with Crippen molar-refractivity contribution in [1.29, 1.82) is 0 Å². The van der Waals surface area contributed by atoms with E-state index in [2.05, 4.69) is 10.3 Å². The van der Waals surface area contributed by atoms with Gasteiger partial charge in [0.2, 0.25) is 0 Å². The molecule has 0 aliphatic carbocycles. The number of aliphatic hydroxyl groups is 1. The molecule has 0 aliphatic heterocycles. The molecule has 4 nitrogen and oxygen atoms in total. The number of nitrogens with one attached hydrogen (secondary N) is 1. The Hall–Kier alpha value is -1.43. The van der Waals surface area contributed by atoms with Crippen molar-refractivity contribution in [2.24, 2.45) is 0 Å². The molecule has 0 aliphatic rings. The van der Waals surface area contributed by atoms with Gasteiger partial charge < -0.3 is 16.2 Å². The molecule has 6 heteroatoms. The van der Waals surface area contributed by atoms with Gasteiger partial charge in [0.05, 0.1) is 11.6 Å². The maximum Gasteiger partial charge on any atom is 0.168 e. The lowest BCUT2D eigenvalue weighted by Gasteiger charge is -2.30. The highest BCUT2D eigenvalue weighted by atomic mass is 19.1. The lowest BCUT2D eigenvalue weighted by molar-refractivity contribution is 0.132. The number of aliphatic hydroxyl groups excluding tert-OH is 1. The van der Waals surface area contributed by atoms with Crippen LogP contribution in [0, 0.1) is 11.6 Å². The predicted molar refractivity (Wildman–Crippen MR) is 57.9 cm³/mol. The maximum atomic E-state index is 13.3. The Balaban J connectivity index is 3.02. The van der Waals surface area contributed by atoms with Gasteiger partial charge in [0.1, 0.15) is 0 Å². The number of hydrogen-bond acceptors (Lipinski definition) is 4. The van der Waals surface area contributed by atoms with Gasteiger partial charge in [0.25, 0.3) is 0 Å². The standard InChI is InChI=1S/C10H15F2N3O/c1-5(16)10(2,3)15-9-7(12)4-6(11)8(13)14-9/h4-5,16H,1-3H3,(H3,13,14,15). The SMILES string of the molecule is CC(O)C(C)(C)Nc1nc(N)c(F)cc1F. The molecule has 1 atom stereocenters. The average Bonchev–Trinajstić information content (AvgIpc) is 2.13. The van der Waals surface area contributed by atoms with Crippen LogP contribution < -0.4 is 11.1 Å². The molecule has 0 radical (unpaired) electrons. The number of rotatable bonds is 3. The molecule has 1 heterocycles. The molecule has 0 saturated heterocycles. The van der Waals surface area contributed by atoms with Gasteiger partial charge in [0.15, 0.2) is 23.3 Å². The van der Waals surface area contributed by atoms with Crippen molar-refractivity contribution >= 4 is 11.6 Å². The molecule has 0 spiro atoms. The zero-order chi connectivity index (χ0) is 12.5. The third-order valence-electron chi connectivity index (χ3n) is 2.44. The van der Waals surface area contributed by atoms with Crippen molar-refractivity contribution < 1.29 is 13.9 Å². The van der Waals surface area contributed by atoms with Crippen LogP contribution in [0.3, 0.4) is 0 Å². The highest BCUT2D eigenvalue weighted by Crippen LogP contribution is 2.22. The van der Waals surface area contributed by atoms with Crippen LogP contribution >= 0.6 is 0 Å². The molecule has 0 fully saturated rings. The minimum Gasteiger partial charge on any atom is -0.391 e. The van der Waals surface area contributed by atoms with E-state index in [0.717, 1.165) is 0 Å². The molecular weight excluding hydrogens is 216 g/mol. The van der Waals surface area contributed by atoms with Gasteiger partial charge in [0, 0.05) is 6.07 Å². The Kier molecular flexibility index (Phi) is 3.32. The second-order valence-corrected chi connectivity index (χ2v) is 4.21. The van der Waals surface area contributed by atoms with Crippen molar-refractivity contribution in [1.82, 2.24) is 4.98 Å². The van der Waals surface area contributed by atoms with E-state index in [4.69, 9.17) is 5.73 Å². The Labute approximate surface area is 92.5 Å². The summed E-state index contributed by atoms with van der Waals surface area (Å²) < 4.78 is 26.2. The summed E-state index contributed by atoms with van der Waals surface area (Å²) in [5, 5.41) is 12.1. The Morgan fingerprint density at radius 1 is 1.44 bits per heavy atom. The summed E-state index contributed by atoms with van der Waals surface area (Å²) in [6.07, 6.45) is -0.736. The van der Waals surface area contributed by atoms with Crippen LogP contribution in [0.4, 0.5) is 20.4 Å². The first-order chi connectivity index (χ1) is 7.24. The molecule has 1 aromatic rings. The number of nitrogen functional groups attached to an aromatic ring is 1. The lowest BCUT2D eigenvalue weighted by Crippen LogP contribution is -2.42. The predicted octanol–water partition coefficient (Wildman–Crippen LogP) is 1.51. The van der Waals surface area contributed by atoms with Crippen molar-refractivity contribution in [3.05, 3.63) is 17.7 Å². The van der Waals surface area contributed by atoms with Gasteiger partial charge in [-0.1, -0.05) is 0 Å². The van der Waals surface area contributed by atoms with E-state index in [-0.39, 0.29) is 11.6 Å². The first kappa shape index (κ1) is 12.6. The normalized spacial score (nSPS) is 13.6. The fourth-order valence-electron chi connectivity index (χ4n) is 0.978. The number of nitrogens with two attached hydrogens (primary N) is 1. The molecular formula is C10H15F2N3O. The first-order valence-electron chi connectivity index (χ1n) is 4.82. The van der Waals surface area contributed by atoms with Crippen LogP contribution in [0.1, 0.15) is 20.8 Å². The highest BCUT2D eigenvalue weighted by molar-refractivity contribution is 5.46. The number of anilines is 2. The van der Waals surface area contributed by atoms with Crippen LogP contribution in [0.5, 0.6) is 0 Å². The molecule has 0 saturated carbocycles. The van der Waals surface area contributed by atoms with Gasteiger partial charge in [-0.15, -0.1) is 0 Å². The molecule has 90 valence electrons. The first-order valence-corrected chi connectivity index (χ1v) is 4.82. The summed E-state index contributed by atoms with van der Waals surface area (Å²) in [7, 11) is 0. The van der Waals surface area contributed by atoms with Crippen molar-refractivity contribution in [3.8, 4) is 0 Å². The summed E-state index contributed by atoms with van der Waals surface area (Å²) in [6, 6.07) is 0.656. The van der Waals surface area contributed by atoms with Crippen LogP contribution in [0.25, 0.3) is 0 Å². The van der Waals surface area contributed by atoms with Crippen molar-refractivity contribution in [2.45, 2.75) is 32.4 Å². The van der Waals surface area contributed by atoms with E-state index in [1.54, 1.807) is 20.8 Å². The van der Waals surface area contributed by atoms with Crippen LogP contribution in [0.15, 0.2) is 6.07 Å². The van der Waals surface area contributed by atoms with Gasteiger partial charge in [-0.3, -0.25) is 0 Å². The number of hydrogen-bond donors (Lipinski definition) is 3. The molecule has 0 bridgehead atoms. The van der Waals surface area contributed by atoms with Crippen LogP contribution in [-0.2, 0) is 0 Å². The molecule has 0 aromatic carbocycles. The Morgan fingerprint density at radius 3 is 2.50 bits per heavy atom. The average molecular weight is 231 g/mol.